The summed E-state index contributed by atoms with van der Waals surface area (Å²) in [6.45, 7) is 3.67. The van der Waals surface area contributed by atoms with E-state index in [0.717, 1.165) is 10.0 Å². The van der Waals surface area contributed by atoms with Crippen molar-refractivity contribution in [2.75, 3.05) is 5.32 Å². The number of halogens is 2. The Bertz CT molecular complexity index is 660. The van der Waals surface area contributed by atoms with Gasteiger partial charge in [0.25, 0.3) is 5.91 Å². The maximum absolute atomic E-state index is 12.2. The van der Waals surface area contributed by atoms with Gasteiger partial charge >= 0.3 is 0 Å². The first kappa shape index (κ1) is 15.9. The molecule has 0 unspecified atom stereocenters. The average molecular weight is 369 g/mol. The van der Waals surface area contributed by atoms with Crippen LogP contribution in [0.1, 0.15) is 12.5 Å². The third kappa shape index (κ3) is 4.22. The zero-order chi connectivity index (χ0) is 15.4. The second-order valence-electron chi connectivity index (χ2n) is 4.66. The zero-order valence-electron chi connectivity index (χ0n) is 11.7. The molecule has 0 saturated heterocycles. The molecule has 21 heavy (non-hydrogen) atoms. The van der Waals surface area contributed by atoms with E-state index in [9.17, 15) is 4.79 Å². The molecule has 1 atom stereocenters. The van der Waals surface area contributed by atoms with Crippen molar-refractivity contribution < 1.29 is 9.53 Å². The molecule has 0 radical (unpaired) electrons. The summed E-state index contributed by atoms with van der Waals surface area (Å²) in [4.78, 5) is 12.2. The first-order valence-electron chi connectivity index (χ1n) is 6.45. The molecule has 0 aromatic heterocycles. The van der Waals surface area contributed by atoms with Gasteiger partial charge in [-0.2, -0.15) is 0 Å². The number of benzene rings is 2. The van der Waals surface area contributed by atoms with Crippen molar-refractivity contribution in [2.45, 2.75) is 20.0 Å². The van der Waals surface area contributed by atoms with E-state index in [0.29, 0.717) is 16.5 Å². The van der Waals surface area contributed by atoms with E-state index < -0.39 is 6.10 Å². The second-order valence-corrected chi connectivity index (χ2v) is 5.92. The number of ether oxygens (including phenoxy) is 1. The van der Waals surface area contributed by atoms with E-state index in [4.69, 9.17) is 16.3 Å². The summed E-state index contributed by atoms with van der Waals surface area (Å²) in [7, 11) is 0. The van der Waals surface area contributed by atoms with E-state index in [1.807, 2.05) is 37.3 Å². The molecular weight excluding hydrogens is 354 g/mol. The minimum atomic E-state index is -0.655. The highest BCUT2D eigenvalue weighted by molar-refractivity contribution is 9.10. The predicted molar refractivity (Wildman–Crippen MR) is 89.1 cm³/mol. The van der Waals surface area contributed by atoms with Crippen LogP contribution >= 0.6 is 27.5 Å². The maximum atomic E-state index is 12.2. The highest BCUT2D eigenvalue weighted by Crippen LogP contribution is 2.26. The Hall–Kier alpha value is -1.52. The molecule has 0 heterocycles. The highest BCUT2D eigenvalue weighted by Gasteiger charge is 2.17. The van der Waals surface area contributed by atoms with Gasteiger partial charge in [-0.3, -0.25) is 4.79 Å². The second kappa shape index (κ2) is 6.96. The van der Waals surface area contributed by atoms with Crippen LogP contribution in [-0.2, 0) is 4.79 Å². The van der Waals surface area contributed by atoms with Crippen LogP contribution in [-0.4, -0.2) is 12.0 Å². The first-order valence-corrected chi connectivity index (χ1v) is 7.62. The lowest BCUT2D eigenvalue weighted by atomic mass is 10.2. The molecule has 0 bridgehead atoms. The fourth-order valence-corrected chi connectivity index (χ4v) is 2.51. The molecule has 0 saturated carbocycles. The zero-order valence-corrected chi connectivity index (χ0v) is 14.0. The third-order valence-electron chi connectivity index (χ3n) is 2.89. The van der Waals surface area contributed by atoms with Crippen molar-refractivity contribution in [3.63, 3.8) is 0 Å². The molecule has 2 aromatic carbocycles. The van der Waals surface area contributed by atoms with Crippen LogP contribution < -0.4 is 10.1 Å². The number of para-hydroxylation sites is 1. The number of aryl methyl sites for hydroxylation is 1. The summed E-state index contributed by atoms with van der Waals surface area (Å²) < 4.78 is 6.42. The number of carbonyl (C=O) groups is 1. The van der Waals surface area contributed by atoms with E-state index in [-0.39, 0.29) is 5.91 Å². The minimum Gasteiger partial charge on any atom is -0.479 e. The van der Waals surface area contributed by atoms with Gasteiger partial charge in [-0.25, -0.2) is 0 Å². The van der Waals surface area contributed by atoms with E-state index in [1.54, 1.807) is 19.1 Å². The number of hydrogen-bond donors (Lipinski definition) is 1. The predicted octanol–water partition coefficient (Wildman–Crippen LogP) is 4.82. The van der Waals surface area contributed by atoms with Gasteiger partial charge in [0.1, 0.15) is 5.75 Å². The van der Waals surface area contributed by atoms with Crippen LogP contribution in [0.3, 0.4) is 0 Å². The summed E-state index contributed by atoms with van der Waals surface area (Å²) in [6, 6.07) is 12.8. The molecule has 0 aliphatic rings. The Morgan fingerprint density at radius 2 is 2.00 bits per heavy atom. The summed E-state index contributed by atoms with van der Waals surface area (Å²) in [5, 5.41) is 3.30. The summed E-state index contributed by atoms with van der Waals surface area (Å²) in [6.07, 6.45) is -0.655. The molecule has 1 amide bonds. The van der Waals surface area contributed by atoms with Gasteiger partial charge in [0.05, 0.1) is 10.7 Å². The number of carbonyl (C=O) groups excluding carboxylic acids is 1. The molecule has 0 spiro atoms. The molecule has 2 aromatic rings. The lowest BCUT2D eigenvalue weighted by molar-refractivity contribution is -0.122. The summed E-state index contributed by atoms with van der Waals surface area (Å²) in [5.74, 6) is 0.254. The summed E-state index contributed by atoms with van der Waals surface area (Å²) in [5.41, 5.74) is 1.82. The van der Waals surface area contributed by atoms with Gasteiger partial charge in [0, 0.05) is 4.47 Å². The molecular formula is C16H15BrClNO2. The first-order chi connectivity index (χ1) is 9.97. The van der Waals surface area contributed by atoms with Gasteiger partial charge in [-0.05, 0) is 59.6 Å². The van der Waals surface area contributed by atoms with Crippen molar-refractivity contribution >= 4 is 39.1 Å². The molecule has 1 N–H and O–H groups in total. The van der Waals surface area contributed by atoms with Crippen molar-refractivity contribution in [1.82, 2.24) is 0 Å². The number of anilines is 1. The van der Waals surface area contributed by atoms with Gasteiger partial charge in [-0.1, -0.05) is 29.8 Å². The smallest absolute Gasteiger partial charge is 0.265 e. The molecule has 0 aliphatic carbocycles. The number of rotatable bonds is 4. The lowest BCUT2D eigenvalue weighted by Crippen LogP contribution is -2.30. The molecule has 0 aliphatic heterocycles. The third-order valence-corrected chi connectivity index (χ3v) is 3.86. The van der Waals surface area contributed by atoms with Gasteiger partial charge < -0.3 is 10.1 Å². The molecule has 5 heteroatoms. The van der Waals surface area contributed by atoms with Crippen molar-refractivity contribution in [3.05, 3.63) is 57.5 Å². The van der Waals surface area contributed by atoms with E-state index >= 15 is 0 Å². The standard InChI is InChI=1S/C16H15BrClNO2/c1-10-7-8-14(12(17)9-10)19-16(20)11(2)21-15-6-4-3-5-13(15)18/h3-9,11H,1-2H3,(H,19,20)/t11-/m1/s1. The fraction of sp³-hybridized carbons (Fsp3) is 0.188. The monoisotopic (exact) mass is 367 g/mol. The van der Waals surface area contributed by atoms with Crippen molar-refractivity contribution in [2.24, 2.45) is 0 Å². The van der Waals surface area contributed by atoms with Gasteiger partial charge in [0.15, 0.2) is 6.10 Å². The molecule has 3 nitrogen and oxygen atoms in total. The average Bonchev–Trinajstić information content (AvgIpc) is 2.44. The normalized spacial score (nSPS) is 11.8. The number of hydrogen-bond acceptors (Lipinski definition) is 2. The van der Waals surface area contributed by atoms with Crippen molar-refractivity contribution in [1.29, 1.82) is 0 Å². The largest absolute Gasteiger partial charge is 0.479 e. The Morgan fingerprint density at radius 3 is 2.67 bits per heavy atom. The van der Waals surface area contributed by atoms with Crippen LogP contribution in [0, 0.1) is 6.92 Å². The van der Waals surface area contributed by atoms with Crippen LogP contribution in [0.15, 0.2) is 46.9 Å². The molecule has 2 rings (SSSR count). The fourth-order valence-electron chi connectivity index (χ4n) is 1.74. The Balaban J connectivity index is 2.04. The van der Waals surface area contributed by atoms with E-state index in [2.05, 4.69) is 21.2 Å². The van der Waals surface area contributed by atoms with Crippen LogP contribution in [0.2, 0.25) is 5.02 Å². The van der Waals surface area contributed by atoms with Crippen LogP contribution in [0.25, 0.3) is 0 Å². The molecule has 110 valence electrons. The Labute approximate surface area is 137 Å². The van der Waals surface area contributed by atoms with Gasteiger partial charge in [-0.15, -0.1) is 0 Å². The SMILES string of the molecule is Cc1ccc(NC(=O)[C@@H](C)Oc2ccccc2Cl)c(Br)c1. The highest BCUT2D eigenvalue weighted by atomic mass is 79.9. The maximum Gasteiger partial charge on any atom is 0.265 e. The summed E-state index contributed by atoms with van der Waals surface area (Å²) >= 11 is 9.44. The lowest BCUT2D eigenvalue weighted by Gasteiger charge is -2.16. The Morgan fingerprint density at radius 1 is 1.29 bits per heavy atom. The molecule has 0 fully saturated rings. The number of amides is 1. The van der Waals surface area contributed by atoms with Gasteiger partial charge in [0.2, 0.25) is 0 Å². The quantitative estimate of drug-likeness (QED) is 0.840. The van der Waals surface area contributed by atoms with Crippen LogP contribution in [0.4, 0.5) is 5.69 Å². The minimum absolute atomic E-state index is 0.237. The van der Waals surface area contributed by atoms with Crippen molar-refractivity contribution in [3.8, 4) is 5.75 Å². The van der Waals surface area contributed by atoms with E-state index in [1.165, 1.54) is 0 Å². The van der Waals surface area contributed by atoms with Crippen LogP contribution in [0.5, 0.6) is 5.75 Å². The topological polar surface area (TPSA) is 38.3 Å². The number of nitrogens with one attached hydrogen (secondary N) is 1. The Kier molecular flexibility index (Phi) is 5.26.